The van der Waals surface area contributed by atoms with Crippen molar-refractivity contribution in [3.05, 3.63) is 34.9 Å². The number of nitrogens with one attached hydrogen (secondary N) is 1. The molecule has 18 heavy (non-hydrogen) atoms. The second-order valence-electron chi connectivity index (χ2n) is 4.41. The zero-order chi connectivity index (χ0) is 11.5. The third-order valence-electron chi connectivity index (χ3n) is 3.42. The van der Waals surface area contributed by atoms with Crippen LogP contribution in [0.25, 0.3) is 0 Å². The minimum Gasteiger partial charge on any atom is -0.366 e. The van der Waals surface area contributed by atoms with Crippen molar-refractivity contribution in [2.24, 2.45) is 5.73 Å². The van der Waals surface area contributed by atoms with Gasteiger partial charge in [-0.3, -0.25) is 4.79 Å². The molecule has 1 aliphatic rings. The first-order valence-corrected chi connectivity index (χ1v) is 5.80. The van der Waals surface area contributed by atoms with Gasteiger partial charge in [0.15, 0.2) is 0 Å². The minimum absolute atomic E-state index is 0. The summed E-state index contributed by atoms with van der Waals surface area (Å²) in [5, 5.41) is 3.35. The normalized spacial score (nSPS) is 15.4. The van der Waals surface area contributed by atoms with Crippen LogP contribution >= 0.6 is 24.8 Å². The van der Waals surface area contributed by atoms with Gasteiger partial charge in [-0.15, -0.1) is 24.8 Å². The molecule has 1 fully saturated rings. The summed E-state index contributed by atoms with van der Waals surface area (Å²) in [4.78, 5) is 11.3. The van der Waals surface area contributed by atoms with Crippen LogP contribution in [0.5, 0.6) is 0 Å². The minimum atomic E-state index is -0.326. The van der Waals surface area contributed by atoms with Crippen LogP contribution in [0.2, 0.25) is 0 Å². The average Bonchev–Trinajstić information content (AvgIpc) is 2.30. The van der Waals surface area contributed by atoms with E-state index in [2.05, 4.69) is 11.4 Å². The molecule has 1 aromatic rings. The second kappa shape index (κ2) is 7.62. The topological polar surface area (TPSA) is 55.1 Å². The van der Waals surface area contributed by atoms with Gasteiger partial charge in [0, 0.05) is 5.56 Å². The monoisotopic (exact) mass is 290 g/mol. The van der Waals surface area contributed by atoms with E-state index in [0.29, 0.717) is 11.5 Å². The average molecular weight is 291 g/mol. The van der Waals surface area contributed by atoms with Gasteiger partial charge in [0.05, 0.1) is 0 Å². The first kappa shape index (κ1) is 17.2. The van der Waals surface area contributed by atoms with Crippen LogP contribution < -0.4 is 11.1 Å². The maximum Gasteiger partial charge on any atom is 0.248 e. The lowest BCUT2D eigenvalue weighted by Crippen LogP contribution is -2.27. The highest BCUT2D eigenvalue weighted by Gasteiger charge is 2.18. The van der Waals surface area contributed by atoms with Crippen molar-refractivity contribution in [3.63, 3.8) is 0 Å². The van der Waals surface area contributed by atoms with Crippen LogP contribution in [0.3, 0.4) is 0 Å². The summed E-state index contributed by atoms with van der Waals surface area (Å²) >= 11 is 0. The molecule has 0 radical (unpaired) electrons. The molecule has 1 aliphatic heterocycles. The number of rotatable bonds is 2. The van der Waals surface area contributed by atoms with E-state index in [1.54, 1.807) is 0 Å². The quantitative estimate of drug-likeness (QED) is 0.879. The number of carbonyl (C=O) groups is 1. The molecule has 3 nitrogen and oxygen atoms in total. The Morgan fingerprint density at radius 3 is 2.44 bits per heavy atom. The molecule has 1 aromatic carbocycles. The maximum absolute atomic E-state index is 11.3. The van der Waals surface area contributed by atoms with Crippen molar-refractivity contribution in [1.82, 2.24) is 5.32 Å². The predicted molar refractivity (Wildman–Crippen MR) is 79.0 cm³/mol. The zero-order valence-corrected chi connectivity index (χ0v) is 12.1. The van der Waals surface area contributed by atoms with Crippen molar-refractivity contribution in [2.45, 2.75) is 25.7 Å². The molecule has 0 saturated carbocycles. The van der Waals surface area contributed by atoms with Gasteiger partial charge in [0.2, 0.25) is 5.91 Å². The van der Waals surface area contributed by atoms with E-state index in [4.69, 9.17) is 5.73 Å². The van der Waals surface area contributed by atoms with Crippen LogP contribution in [-0.2, 0) is 0 Å². The molecular weight excluding hydrogens is 271 g/mol. The summed E-state index contributed by atoms with van der Waals surface area (Å²) in [6.07, 6.45) is 2.28. The van der Waals surface area contributed by atoms with E-state index < -0.39 is 0 Å². The Labute approximate surface area is 120 Å². The number of halogens is 2. The summed E-state index contributed by atoms with van der Waals surface area (Å²) < 4.78 is 0. The maximum atomic E-state index is 11.3. The van der Waals surface area contributed by atoms with Crippen LogP contribution in [0.4, 0.5) is 0 Å². The number of amides is 1. The van der Waals surface area contributed by atoms with E-state index in [0.717, 1.165) is 31.5 Å². The first-order chi connectivity index (χ1) is 7.70. The predicted octanol–water partition coefficient (Wildman–Crippen LogP) is 2.40. The highest BCUT2D eigenvalue weighted by molar-refractivity contribution is 5.94. The smallest absolute Gasteiger partial charge is 0.248 e. The molecule has 102 valence electrons. The number of piperidine rings is 1. The number of benzene rings is 1. The lowest BCUT2D eigenvalue weighted by molar-refractivity contribution is 0.0999. The van der Waals surface area contributed by atoms with Crippen LogP contribution in [0.15, 0.2) is 18.2 Å². The molecule has 1 heterocycles. The summed E-state index contributed by atoms with van der Waals surface area (Å²) in [7, 11) is 0. The van der Waals surface area contributed by atoms with E-state index in [9.17, 15) is 4.79 Å². The largest absolute Gasteiger partial charge is 0.366 e. The molecule has 2 rings (SSSR count). The van der Waals surface area contributed by atoms with Gasteiger partial charge in [-0.2, -0.15) is 0 Å². The third kappa shape index (κ3) is 3.61. The SMILES string of the molecule is Cc1c(C(N)=O)cccc1C1CCNCC1.Cl.Cl. The van der Waals surface area contributed by atoms with Crippen molar-refractivity contribution in [2.75, 3.05) is 13.1 Å². The van der Waals surface area contributed by atoms with Gasteiger partial charge in [-0.25, -0.2) is 0 Å². The summed E-state index contributed by atoms with van der Waals surface area (Å²) in [6.45, 7) is 4.12. The van der Waals surface area contributed by atoms with Gasteiger partial charge >= 0.3 is 0 Å². The molecule has 0 atom stereocenters. The standard InChI is InChI=1S/C13H18N2O.2ClH/c1-9-11(10-5-7-15-8-6-10)3-2-4-12(9)13(14)16;;/h2-4,10,15H,5-8H2,1H3,(H2,14,16);2*1H. The number of hydrogen-bond acceptors (Lipinski definition) is 2. The number of hydrogen-bond donors (Lipinski definition) is 2. The van der Waals surface area contributed by atoms with Crippen molar-refractivity contribution in [1.29, 1.82) is 0 Å². The van der Waals surface area contributed by atoms with Crippen molar-refractivity contribution < 1.29 is 4.79 Å². The molecule has 0 aromatic heterocycles. The lowest BCUT2D eigenvalue weighted by Gasteiger charge is -2.25. The number of carbonyl (C=O) groups excluding carboxylic acids is 1. The lowest BCUT2D eigenvalue weighted by atomic mass is 9.86. The van der Waals surface area contributed by atoms with Crippen molar-refractivity contribution >= 4 is 30.7 Å². The van der Waals surface area contributed by atoms with Crippen LogP contribution in [0.1, 0.15) is 40.2 Å². The van der Waals surface area contributed by atoms with Crippen LogP contribution in [-0.4, -0.2) is 19.0 Å². The highest BCUT2D eigenvalue weighted by Crippen LogP contribution is 2.29. The Balaban J connectivity index is 0.00000144. The Bertz CT molecular complexity index is 404. The Morgan fingerprint density at radius 2 is 1.89 bits per heavy atom. The molecule has 1 amide bonds. The van der Waals surface area contributed by atoms with E-state index in [-0.39, 0.29) is 30.7 Å². The molecular formula is C13H20Cl2N2O. The fourth-order valence-corrected chi connectivity index (χ4v) is 2.50. The van der Waals surface area contributed by atoms with Crippen molar-refractivity contribution in [3.8, 4) is 0 Å². The Kier molecular flexibility index (Phi) is 7.29. The van der Waals surface area contributed by atoms with Crippen LogP contribution in [0, 0.1) is 6.92 Å². The fraction of sp³-hybridized carbons (Fsp3) is 0.462. The molecule has 5 heteroatoms. The molecule has 0 bridgehead atoms. The summed E-state index contributed by atoms with van der Waals surface area (Å²) in [5.41, 5.74) is 8.37. The molecule has 0 aliphatic carbocycles. The number of primary amides is 1. The Hall–Kier alpha value is -0.770. The van der Waals surface area contributed by atoms with Gasteiger partial charge in [-0.05, 0) is 56.0 Å². The first-order valence-electron chi connectivity index (χ1n) is 5.80. The summed E-state index contributed by atoms with van der Waals surface area (Å²) in [6, 6.07) is 5.87. The van der Waals surface area contributed by atoms with E-state index in [1.807, 2.05) is 19.1 Å². The molecule has 0 spiro atoms. The van der Waals surface area contributed by atoms with Gasteiger partial charge in [0.25, 0.3) is 0 Å². The number of nitrogens with two attached hydrogens (primary N) is 1. The van der Waals surface area contributed by atoms with E-state index in [1.165, 1.54) is 5.56 Å². The second-order valence-corrected chi connectivity index (χ2v) is 4.41. The molecule has 1 saturated heterocycles. The molecule has 3 N–H and O–H groups in total. The van der Waals surface area contributed by atoms with Gasteiger partial charge in [0.1, 0.15) is 0 Å². The summed E-state index contributed by atoms with van der Waals surface area (Å²) in [5.74, 6) is 0.244. The zero-order valence-electron chi connectivity index (χ0n) is 10.4. The fourth-order valence-electron chi connectivity index (χ4n) is 2.50. The van der Waals surface area contributed by atoms with E-state index >= 15 is 0 Å². The van der Waals surface area contributed by atoms with Gasteiger partial charge < -0.3 is 11.1 Å². The molecule has 0 unspecified atom stereocenters. The van der Waals surface area contributed by atoms with Gasteiger partial charge in [-0.1, -0.05) is 12.1 Å². The highest BCUT2D eigenvalue weighted by atomic mass is 35.5. The third-order valence-corrected chi connectivity index (χ3v) is 3.42. The Morgan fingerprint density at radius 1 is 1.28 bits per heavy atom.